The molecule has 2 aliphatic rings. The number of cyclic esters (lactones) is 1. The number of carbonyl (C=O) groups is 4. The maximum Gasteiger partial charge on any atom is 0.325 e. The van der Waals surface area contributed by atoms with Crippen LogP contribution in [0.15, 0.2) is 48.9 Å². The van der Waals surface area contributed by atoms with Gasteiger partial charge in [0.25, 0.3) is 5.91 Å². The van der Waals surface area contributed by atoms with Gasteiger partial charge in [-0.05, 0) is 57.2 Å². The third-order valence-corrected chi connectivity index (χ3v) is 8.28. The molecule has 45 heavy (non-hydrogen) atoms. The van der Waals surface area contributed by atoms with Gasteiger partial charge in [-0.3, -0.25) is 24.2 Å². The van der Waals surface area contributed by atoms with Crippen molar-refractivity contribution in [3.63, 3.8) is 0 Å². The Balaban J connectivity index is 1.51. The molecule has 4 heterocycles. The number of hydrogen-bond acceptors (Lipinski definition) is 8. The Bertz CT molecular complexity index is 1600. The molecule has 12 heteroatoms. The van der Waals surface area contributed by atoms with Gasteiger partial charge in [0, 0.05) is 24.5 Å². The van der Waals surface area contributed by atoms with Crippen LogP contribution in [0, 0.1) is 11.3 Å². The lowest BCUT2D eigenvalue weighted by atomic mass is 9.89. The monoisotopic (exact) mass is 615 g/mol. The van der Waals surface area contributed by atoms with Crippen LogP contribution in [0.3, 0.4) is 0 Å². The summed E-state index contributed by atoms with van der Waals surface area (Å²) in [5.74, 6) is -2.02. The summed E-state index contributed by atoms with van der Waals surface area (Å²) in [5.41, 5.74) is 4.79. The van der Waals surface area contributed by atoms with Crippen LogP contribution in [0.25, 0.3) is 17.0 Å². The molecule has 4 N–H and O–H groups in total. The molecule has 0 saturated carbocycles. The van der Waals surface area contributed by atoms with E-state index in [0.29, 0.717) is 30.8 Å². The first kappa shape index (κ1) is 31.8. The fourth-order valence-corrected chi connectivity index (χ4v) is 5.42. The third kappa shape index (κ3) is 7.39. The average Bonchev–Trinajstić information content (AvgIpc) is 3.54. The van der Waals surface area contributed by atoms with Gasteiger partial charge in [-0.25, -0.2) is 15.4 Å². The SMILES string of the molecule is CC(C)[C@@H]1NC(=O)C(C)(C)/C=C/c2ccc3ccc(nc3c2)[C@@H](C)OC(=O)[C@@H]2CCCN(N2)C(=O)[C@H](Cc2c[nH]cn2)NC1=O. The lowest BCUT2D eigenvalue weighted by Crippen LogP contribution is -2.62. The Labute approximate surface area is 262 Å². The predicted molar refractivity (Wildman–Crippen MR) is 168 cm³/mol. The van der Waals surface area contributed by atoms with E-state index < -0.39 is 47.4 Å². The molecule has 3 aromatic rings. The minimum Gasteiger partial charge on any atom is -0.455 e. The van der Waals surface area contributed by atoms with Crippen LogP contribution < -0.4 is 16.1 Å². The quantitative estimate of drug-likeness (QED) is 0.328. The zero-order valence-electron chi connectivity index (χ0n) is 26.3. The summed E-state index contributed by atoms with van der Waals surface area (Å²) >= 11 is 0. The highest BCUT2D eigenvalue weighted by molar-refractivity contribution is 5.94. The number of esters is 1. The molecule has 2 aromatic heterocycles. The van der Waals surface area contributed by atoms with E-state index in [9.17, 15) is 19.2 Å². The minimum atomic E-state index is -1.01. The highest BCUT2D eigenvalue weighted by Gasteiger charge is 2.37. The van der Waals surface area contributed by atoms with Gasteiger partial charge in [0.15, 0.2) is 0 Å². The molecule has 0 aliphatic carbocycles. The largest absolute Gasteiger partial charge is 0.455 e. The van der Waals surface area contributed by atoms with Crippen LogP contribution >= 0.6 is 0 Å². The normalized spacial score (nSPS) is 25.5. The maximum atomic E-state index is 13.9. The number of imidazole rings is 1. The maximum absolute atomic E-state index is 13.9. The predicted octanol–water partition coefficient (Wildman–Crippen LogP) is 2.98. The number of hydrogen-bond donors (Lipinski definition) is 4. The van der Waals surface area contributed by atoms with Gasteiger partial charge in [-0.1, -0.05) is 44.2 Å². The van der Waals surface area contributed by atoms with E-state index in [1.807, 2.05) is 50.3 Å². The molecule has 0 radical (unpaired) electrons. The summed E-state index contributed by atoms with van der Waals surface area (Å²) in [6.07, 6.45) is 7.30. The van der Waals surface area contributed by atoms with Gasteiger partial charge < -0.3 is 20.4 Å². The number of fused-ring (bicyclic) bond motifs is 4. The van der Waals surface area contributed by atoms with E-state index in [0.717, 1.165) is 16.5 Å². The second-order valence-electron chi connectivity index (χ2n) is 12.7. The minimum absolute atomic E-state index is 0.109. The van der Waals surface area contributed by atoms with Crippen LogP contribution in [0.4, 0.5) is 0 Å². The molecule has 5 rings (SSSR count). The molecule has 4 atom stereocenters. The van der Waals surface area contributed by atoms with Gasteiger partial charge in [0.2, 0.25) is 11.8 Å². The Hall–Kier alpha value is -4.58. The van der Waals surface area contributed by atoms with Gasteiger partial charge in [-0.2, -0.15) is 0 Å². The number of hydrazine groups is 1. The van der Waals surface area contributed by atoms with Crippen molar-refractivity contribution in [3.8, 4) is 0 Å². The van der Waals surface area contributed by atoms with E-state index in [1.165, 1.54) is 11.3 Å². The first-order chi connectivity index (χ1) is 21.4. The first-order valence-corrected chi connectivity index (χ1v) is 15.4. The Morgan fingerprint density at radius 2 is 1.87 bits per heavy atom. The van der Waals surface area contributed by atoms with Gasteiger partial charge in [-0.15, -0.1) is 0 Å². The van der Waals surface area contributed by atoms with Crippen molar-refractivity contribution >= 4 is 40.7 Å². The molecule has 1 fully saturated rings. The van der Waals surface area contributed by atoms with E-state index in [-0.39, 0.29) is 18.2 Å². The number of nitrogens with one attached hydrogen (secondary N) is 4. The van der Waals surface area contributed by atoms with Crippen molar-refractivity contribution < 1.29 is 23.9 Å². The zero-order valence-corrected chi connectivity index (χ0v) is 26.3. The number of nitrogens with zero attached hydrogens (tertiary/aromatic N) is 3. The van der Waals surface area contributed by atoms with Gasteiger partial charge in [0.1, 0.15) is 24.2 Å². The van der Waals surface area contributed by atoms with E-state index in [4.69, 9.17) is 9.72 Å². The Morgan fingerprint density at radius 3 is 2.60 bits per heavy atom. The first-order valence-electron chi connectivity index (χ1n) is 15.4. The summed E-state index contributed by atoms with van der Waals surface area (Å²) in [4.78, 5) is 66.3. The number of benzene rings is 1. The fraction of sp³-hybridized carbons (Fsp3) is 0.455. The summed E-state index contributed by atoms with van der Waals surface area (Å²) in [6, 6.07) is 6.88. The summed E-state index contributed by atoms with van der Waals surface area (Å²) in [5, 5.41) is 8.06. The third-order valence-electron chi connectivity index (χ3n) is 8.28. The zero-order chi connectivity index (χ0) is 32.3. The number of carbonyl (C=O) groups excluding carboxylic acids is 4. The molecule has 0 spiro atoms. The second-order valence-corrected chi connectivity index (χ2v) is 12.7. The van der Waals surface area contributed by atoms with E-state index in [2.05, 4.69) is 26.0 Å². The van der Waals surface area contributed by atoms with Crippen molar-refractivity contribution in [3.05, 3.63) is 65.9 Å². The molecule has 12 nitrogen and oxygen atoms in total. The van der Waals surface area contributed by atoms with Gasteiger partial charge in [0.05, 0.1) is 28.6 Å². The van der Waals surface area contributed by atoms with Crippen LogP contribution in [-0.4, -0.2) is 68.3 Å². The van der Waals surface area contributed by atoms with Crippen molar-refractivity contribution in [2.24, 2.45) is 11.3 Å². The summed E-state index contributed by atoms with van der Waals surface area (Å²) < 4.78 is 5.82. The number of ether oxygens (including phenoxy) is 1. The smallest absolute Gasteiger partial charge is 0.325 e. The molecule has 1 aromatic carbocycles. The number of amides is 3. The molecule has 5 bridgehead atoms. The number of aromatic nitrogens is 3. The Kier molecular flexibility index (Phi) is 9.33. The van der Waals surface area contributed by atoms with Gasteiger partial charge >= 0.3 is 5.97 Å². The number of rotatable bonds is 3. The van der Waals surface area contributed by atoms with E-state index in [1.54, 1.807) is 33.0 Å². The number of aromatic amines is 1. The number of pyridine rings is 1. The lowest BCUT2D eigenvalue weighted by molar-refractivity contribution is -0.157. The van der Waals surface area contributed by atoms with Crippen LogP contribution in [0.2, 0.25) is 0 Å². The summed E-state index contributed by atoms with van der Waals surface area (Å²) in [6.45, 7) is 9.32. The standard InChI is InChI=1S/C33H41N7O5/c1-19(2)28-29(41)37-27(16-23-17-34-18-35-23)30(42)40-14-6-7-25(39-40)31(43)45-20(3)24-11-10-22-9-8-21(15-26(22)36-24)12-13-33(4,5)32(44)38-28/h8-13,15,17-20,25,27-28,39H,6-7,14,16H2,1-5H3,(H,34,35)(H,37,41)(H,38,44)/b13-12+/t20-,25+,27+,28+/m1/s1. The highest BCUT2D eigenvalue weighted by Crippen LogP contribution is 2.25. The second kappa shape index (κ2) is 13.2. The van der Waals surface area contributed by atoms with Crippen molar-refractivity contribution in [1.82, 2.24) is 36.0 Å². The van der Waals surface area contributed by atoms with Crippen molar-refractivity contribution in [2.45, 2.75) is 78.1 Å². The number of H-pyrrole nitrogens is 1. The van der Waals surface area contributed by atoms with E-state index >= 15 is 0 Å². The molecular formula is C33H41N7O5. The average molecular weight is 616 g/mol. The molecular weight excluding hydrogens is 574 g/mol. The molecule has 1 saturated heterocycles. The topological polar surface area (TPSA) is 158 Å². The van der Waals surface area contributed by atoms with Crippen LogP contribution in [-0.2, 0) is 30.3 Å². The molecule has 238 valence electrons. The van der Waals surface area contributed by atoms with Crippen LogP contribution in [0.1, 0.15) is 70.5 Å². The summed E-state index contributed by atoms with van der Waals surface area (Å²) in [7, 11) is 0. The lowest BCUT2D eigenvalue weighted by Gasteiger charge is -2.35. The van der Waals surface area contributed by atoms with Crippen LogP contribution in [0.5, 0.6) is 0 Å². The highest BCUT2D eigenvalue weighted by atomic mass is 16.5. The van der Waals surface area contributed by atoms with Crippen molar-refractivity contribution in [1.29, 1.82) is 0 Å². The Morgan fingerprint density at radius 1 is 1.09 bits per heavy atom. The van der Waals surface area contributed by atoms with Crippen molar-refractivity contribution in [2.75, 3.05) is 6.54 Å². The fourth-order valence-electron chi connectivity index (χ4n) is 5.42. The molecule has 2 aliphatic heterocycles. The molecule has 0 unspecified atom stereocenters. The molecule has 3 amide bonds.